The van der Waals surface area contributed by atoms with Crippen LogP contribution in [0.25, 0.3) is 0 Å². The lowest BCUT2D eigenvalue weighted by molar-refractivity contribution is -0.322. The number of carbonyl (C=O) groups excluding carboxylic acids is 1. The van der Waals surface area contributed by atoms with Gasteiger partial charge in [0.15, 0.2) is 0 Å². The van der Waals surface area contributed by atoms with Crippen molar-refractivity contribution in [2.24, 2.45) is 29.6 Å². The molecule has 0 aromatic rings. The lowest BCUT2D eigenvalue weighted by atomic mass is 9.50. The minimum absolute atomic E-state index is 0.00347. The Labute approximate surface area is 83.1 Å². The zero-order valence-corrected chi connectivity index (χ0v) is 8.06. The van der Waals surface area contributed by atoms with Gasteiger partial charge in [0, 0.05) is 11.9 Å². The molecule has 3 nitrogen and oxygen atoms in total. The molecule has 0 spiro atoms. The van der Waals surface area contributed by atoms with Gasteiger partial charge in [0.25, 0.3) is 0 Å². The highest BCUT2D eigenvalue weighted by Crippen LogP contribution is 2.56. The van der Waals surface area contributed by atoms with Crippen LogP contribution in [0.2, 0.25) is 0 Å². The second-order valence-corrected chi connectivity index (χ2v) is 5.33. The maximum absolute atomic E-state index is 11.0. The van der Waals surface area contributed by atoms with E-state index in [-0.39, 0.29) is 17.9 Å². The highest BCUT2D eigenvalue weighted by atomic mass is 16.4. The van der Waals surface area contributed by atoms with Crippen molar-refractivity contribution in [3.05, 3.63) is 0 Å². The number of carboxylic acid groups (broad SMARTS) is 1. The summed E-state index contributed by atoms with van der Waals surface area (Å²) in [7, 11) is 0. The van der Waals surface area contributed by atoms with E-state index in [2.05, 4.69) is 0 Å². The third kappa shape index (κ3) is 0.991. The van der Waals surface area contributed by atoms with Gasteiger partial charge < -0.3 is 15.0 Å². The van der Waals surface area contributed by atoms with Gasteiger partial charge >= 0.3 is 0 Å². The average molecular weight is 195 g/mol. The monoisotopic (exact) mass is 195 g/mol. The minimum Gasteiger partial charge on any atom is -0.550 e. The number of carboxylic acids is 1. The van der Waals surface area contributed by atoms with E-state index in [0.29, 0.717) is 17.8 Å². The van der Waals surface area contributed by atoms with E-state index in [1.54, 1.807) is 0 Å². The summed E-state index contributed by atoms with van der Waals surface area (Å²) in [5.74, 6) is 0.0636. The van der Waals surface area contributed by atoms with Crippen molar-refractivity contribution in [2.45, 2.75) is 31.8 Å². The fourth-order valence-corrected chi connectivity index (χ4v) is 4.25. The van der Waals surface area contributed by atoms with Crippen molar-refractivity contribution in [1.29, 1.82) is 0 Å². The number of hydrogen-bond donors (Lipinski definition) is 1. The van der Waals surface area contributed by atoms with Crippen molar-refractivity contribution in [3.63, 3.8) is 0 Å². The number of aliphatic carboxylic acids is 1. The van der Waals surface area contributed by atoms with Crippen LogP contribution >= 0.6 is 0 Å². The molecule has 1 N–H and O–H groups in total. The van der Waals surface area contributed by atoms with Crippen molar-refractivity contribution in [1.82, 2.24) is 0 Å². The molecule has 3 heteroatoms. The van der Waals surface area contributed by atoms with E-state index in [9.17, 15) is 15.0 Å². The summed E-state index contributed by atoms with van der Waals surface area (Å²) in [5.41, 5.74) is 0. The van der Waals surface area contributed by atoms with Gasteiger partial charge in [0.2, 0.25) is 0 Å². The number of carbonyl (C=O) groups is 1. The lowest BCUT2D eigenvalue weighted by Crippen LogP contribution is -2.57. The molecule has 0 aromatic carbocycles. The van der Waals surface area contributed by atoms with Crippen LogP contribution in [0.1, 0.15) is 25.7 Å². The highest BCUT2D eigenvalue weighted by molar-refractivity contribution is 5.69. The van der Waals surface area contributed by atoms with Gasteiger partial charge in [-0.2, -0.15) is 0 Å². The third-order valence-corrected chi connectivity index (χ3v) is 4.65. The van der Waals surface area contributed by atoms with Crippen LogP contribution in [0.4, 0.5) is 0 Å². The van der Waals surface area contributed by atoms with Gasteiger partial charge in [-0.15, -0.1) is 0 Å². The van der Waals surface area contributed by atoms with E-state index in [1.165, 1.54) is 0 Å². The first-order chi connectivity index (χ1) is 6.66. The summed E-state index contributed by atoms with van der Waals surface area (Å²) < 4.78 is 0. The van der Waals surface area contributed by atoms with Gasteiger partial charge in [-0.25, -0.2) is 0 Å². The highest BCUT2D eigenvalue weighted by Gasteiger charge is 2.53. The number of hydrogen-bond acceptors (Lipinski definition) is 3. The number of rotatable bonds is 1. The van der Waals surface area contributed by atoms with Crippen molar-refractivity contribution in [2.75, 3.05) is 0 Å². The fraction of sp³-hybridized carbons (Fsp3) is 0.909. The van der Waals surface area contributed by atoms with Crippen molar-refractivity contribution < 1.29 is 15.0 Å². The van der Waals surface area contributed by atoms with Crippen molar-refractivity contribution >= 4 is 5.97 Å². The molecule has 4 bridgehead atoms. The fourth-order valence-electron chi connectivity index (χ4n) is 4.25. The molecule has 0 aliphatic heterocycles. The molecule has 4 saturated carbocycles. The van der Waals surface area contributed by atoms with Crippen LogP contribution in [0.5, 0.6) is 0 Å². The Hall–Kier alpha value is -0.570. The van der Waals surface area contributed by atoms with Gasteiger partial charge in [-0.05, 0) is 49.4 Å². The predicted molar refractivity (Wildman–Crippen MR) is 46.9 cm³/mol. The Balaban J connectivity index is 1.93. The quantitative estimate of drug-likeness (QED) is 0.629. The van der Waals surface area contributed by atoms with Gasteiger partial charge in [-0.1, -0.05) is 0 Å². The Morgan fingerprint density at radius 2 is 1.86 bits per heavy atom. The molecular formula is C11H15O3-. The first kappa shape index (κ1) is 8.72. The normalized spacial score (nSPS) is 54.9. The van der Waals surface area contributed by atoms with Crippen LogP contribution in [0.3, 0.4) is 0 Å². The van der Waals surface area contributed by atoms with Crippen LogP contribution in [0, 0.1) is 29.6 Å². The van der Waals surface area contributed by atoms with E-state index >= 15 is 0 Å². The number of aliphatic hydroxyl groups excluding tert-OH is 1. The molecule has 4 fully saturated rings. The molecule has 0 saturated heterocycles. The van der Waals surface area contributed by atoms with E-state index in [1.807, 2.05) is 0 Å². The molecule has 6 atom stereocenters. The summed E-state index contributed by atoms with van der Waals surface area (Å²) in [4.78, 5) is 11.0. The van der Waals surface area contributed by atoms with Gasteiger partial charge in [-0.3, -0.25) is 0 Å². The first-order valence-electron chi connectivity index (χ1n) is 5.55. The molecule has 0 amide bonds. The summed E-state index contributed by atoms with van der Waals surface area (Å²) in [6.07, 6.45) is 3.62. The smallest absolute Gasteiger partial charge is 0.0603 e. The largest absolute Gasteiger partial charge is 0.550 e. The summed E-state index contributed by atoms with van der Waals surface area (Å²) >= 11 is 0. The second-order valence-electron chi connectivity index (χ2n) is 5.33. The molecule has 0 aromatic heterocycles. The molecule has 4 aliphatic carbocycles. The maximum Gasteiger partial charge on any atom is 0.0603 e. The summed E-state index contributed by atoms with van der Waals surface area (Å²) in [6.45, 7) is 0. The topological polar surface area (TPSA) is 60.4 Å². The molecule has 0 heterocycles. The molecule has 0 radical (unpaired) electrons. The second kappa shape index (κ2) is 2.72. The van der Waals surface area contributed by atoms with Crippen LogP contribution < -0.4 is 5.11 Å². The molecule has 6 unspecified atom stereocenters. The first-order valence-corrected chi connectivity index (χ1v) is 5.55. The van der Waals surface area contributed by atoms with Crippen LogP contribution in [0.15, 0.2) is 0 Å². The standard InChI is InChI=1S/C11H16O3/c12-10-7-2-5-1-6(4-7)9(11(13)14)8(10)3-5/h5-10,12H,1-4H2,(H,13,14)/p-1. The van der Waals surface area contributed by atoms with E-state index in [4.69, 9.17) is 0 Å². The zero-order chi connectivity index (χ0) is 9.87. The number of aliphatic hydroxyl groups is 1. The zero-order valence-electron chi connectivity index (χ0n) is 8.06. The third-order valence-electron chi connectivity index (χ3n) is 4.65. The van der Waals surface area contributed by atoms with Crippen LogP contribution in [-0.4, -0.2) is 17.2 Å². The molecule has 14 heavy (non-hydrogen) atoms. The Morgan fingerprint density at radius 1 is 1.14 bits per heavy atom. The van der Waals surface area contributed by atoms with E-state index in [0.717, 1.165) is 25.7 Å². The summed E-state index contributed by atoms with van der Waals surface area (Å²) in [5, 5.41) is 21.0. The Bertz CT molecular complexity index is 276. The SMILES string of the molecule is O=C([O-])C1C2CC3CC(C2)C(O)C1C3. The molecule has 78 valence electrons. The lowest BCUT2D eigenvalue weighted by Gasteiger charge is -2.57. The predicted octanol–water partition coefficient (Wildman–Crippen LogP) is -0.221. The molecular weight excluding hydrogens is 180 g/mol. The molecule has 4 rings (SSSR count). The average Bonchev–Trinajstić information content (AvgIpc) is 2.12. The Kier molecular flexibility index (Phi) is 1.69. The summed E-state index contributed by atoms with van der Waals surface area (Å²) in [6, 6.07) is 0. The maximum atomic E-state index is 11.0. The van der Waals surface area contributed by atoms with Crippen molar-refractivity contribution in [3.8, 4) is 0 Å². The van der Waals surface area contributed by atoms with Crippen LogP contribution in [-0.2, 0) is 4.79 Å². The molecule has 4 aliphatic rings. The minimum atomic E-state index is -0.933. The van der Waals surface area contributed by atoms with E-state index < -0.39 is 5.97 Å². The van der Waals surface area contributed by atoms with Gasteiger partial charge in [0.1, 0.15) is 0 Å². The Morgan fingerprint density at radius 3 is 2.57 bits per heavy atom. The van der Waals surface area contributed by atoms with Gasteiger partial charge in [0.05, 0.1) is 6.10 Å².